The van der Waals surface area contributed by atoms with Crippen LogP contribution in [0.5, 0.6) is 0 Å². The van der Waals surface area contributed by atoms with Gasteiger partial charge >= 0.3 is 0 Å². The van der Waals surface area contributed by atoms with E-state index in [-0.39, 0.29) is 23.6 Å². The molecule has 2 atom stereocenters. The summed E-state index contributed by atoms with van der Waals surface area (Å²) in [6.45, 7) is 1.80. The fourth-order valence-electron chi connectivity index (χ4n) is 2.40. The summed E-state index contributed by atoms with van der Waals surface area (Å²) in [5, 5.41) is 13.5. The summed E-state index contributed by atoms with van der Waals surface area (Å²) in [5.41, 5.74) is 7.13. The van der Waals surface area contributed by atoms with Crippen LogP contribution in [0.2, 0.25) is 0 Å². The van der Waals surface area contributed by atoms with Crippen LogP contribution in [-0.4, -0.2) is 16.9 Å². The number of nitrogens with one attached hydrogen (secondary N) is 1. The molecule has 0 aromatic heterocycles. The van der Waals surface area contributed by atoms with Gasteiger partial charge in [-0.15, -0.1) is 0 Å². The molecule has 0 heterocycles. The van der Waals surface area contributed by atoms with Crippen LogP contribution in [0.15, 0.2) is 18.2 Å². The first-order valence-electron chi connectivity index (χ1n) is 6.30. The van der Waals surface area contributed by atoms with Crippen LogP contribution in [0.1, 0.15) is 24.8 Å². The van der Waals surface area contributed by atoms with Crippen molar-refractivity contribution >= 4 is 17.3 Å². The van der Waals surface area contributed by atoms with Crippen LogP contribution in [0, 0.1) is 23.0 Å². The van der Waals surface area contributed by atoms with Crippen molar-refractivity contribution in [3.63, 3.8) is 0 Å². The highest BCUT2D eigenvalue weighted by Gasteiger charge is 2.30. The van der Waals surface area contributed by atoms with Crippen LogP contribution < -0.4 is 11.1 Å². The average molecular weight is 263 g/mol. The molecule has 1 saturated carbocycles. The van der Waals surface area contributed by atoms with E-state index < -0.39 is 4.92 Å². The molecule has 3 N–H and O–H groups in total. The predicted octanol–water partition coefficient (Wildman–Crippen LogP) is 1.97. The minimum atomic E-state index is -0.476. The molecule has 0 bridgehead atoms. The lowest BCUT2D eigenvalue weighted by Gasteiger charge is -2.16. The number of anilines is 1. The number of carbonyl (C=O) groups excluding carboxylic acids is 1. The Labute approximate surface area is 111 Å². The maximum Gasteiger partial charge on any atom is 0.271 e. The zero-order valence-corrected chi connectivity index (χ0v) is 10.8. The number of benzene rings is 1. The third kappa shape index (κ3) is 2.90. The summed E-state index contributed by atoms with van der Waals surface area (Å²) in [6.07, 6.45) is 2.58. The number of hydrogen-bond donors (Lipinski definition) is 2. The zero-order valence-electron chi connectivity index (χ0n) is 10.8. The third-order valence-corrected chi connectivity index (χ3v) is 3.60. The summed E-state index contributed by atoms with van der Waals surface area (Å²) in [6, 6.07) is 4.32. The molecular weight excluding hydrogens is 246 g/mol. The smallest absolute Gasteiger partial charge is 0.271 e. The molecule has 1 aromatic rings. The molecule has 1 fully saturated rings. The molecule has 6 heteroatoms. The molecule has 6 nitrogen and oxygen atoms in total. The van der Waals surface area contributed by atoms with Crippen LogP contribution in [-0.2, 0) is 4.79 Å². The number of nitro groups is 1. The molecule has 1 aliphatic rings. The van der Waals surface area contributed by atoms with Gasteiger partial charge in [0.1, 0.15) is 0 Å². The molecule has 0 aliphatic heterocycles. The van der Waals surface area contributed by atoms with Gasteiger partial charge in [0.15, 0.2) is 0 Å². The normalized spacial score (nSPS) is 22.2. The Kier molecular flexibility index (Phi) is 3.80. The summed E-state index contributed by atoms with van der Waals surface area (Å²) in [5.74, 6) is -0.340. The molecule has 1 aliphatic carbocycles. The number of aryl methyl sites for hydroxylation is 1. The van der Waals surface area contributed by atoms with E-state index in [1.54, 1.807) is 13.0 Å². The first-order valence-corrected chi connectivity index (χ1v) is 6.30. The highest BCUT2D eigenvalue weighted by Crippen LogP contribution is 2.27. The highest BCUT2D eigenvalue weighted by atomic mass is 16.6. The standard InChI is InChI=1S/C13H17N3O3/c1-8-5-6-9(16(18)19)7-12(8)15-13(17)10-3-2-4-11(10)14/h5-7,10-11H,2-4,14H2,1H3,(H,15,17). The van der Waals surface area contributed by atoms with Gasteiger partial charge in [0, 0.05) is 18.2 Å². The van der Waals surface area contributed by atoms with E-state index in [0.29, 0.717) is 5.69 Å². The largest absolute Gasteiger partial charge is 0.327 e. The molecule has 0 radical (unpaired) electrons. The molecule has 1 aromatic carbocycles. The first-order chi connectivity index (χ1) is 8.99. The molecule has 1 amide bonds. The molecule has 19 heavy (non-hydrogen) atoms. The summed E-state index contributed by atoms with van der Waals surface area (Å²) in [4.78, 5) is 22.4. The number of carbonyl (C=O) groups is 1. The van der Waals surface area contributed by atoms with Crippen molar-refractivity contribution in [3.8, 4) is 0 Å². The third-order valence-electron chi connectivity index (χ3n) is 3.60. The molecule has 2 unspecified atom stereocenters. The van der Waals surface area contributed by atoms with Crippen molar-refractivity contribution in [1.82, 2.24) is 0 Å². The van der Waals surface area contributed by atoms with Gasteiger partial charge in [-0.2, -0.15) is 0 Å². The second-order valence-electron chi connectivity index (χ2n) is 4.95. The Morgan fingerprint density at radius 1 is 1.47 bits per heavy atom. The maximum absolute atomic E-state index is 12.1. The Morgan fingerprint density at radius 2 is 2.21 bits per heavy atom. The van der Waals surface area contributed by atoms with E-state index in [1.807, 2.05) is 0 Å². The lowest BCUT2D eigenvalue weighted by Crippen LogP contribution is -2.34. The number of amides is 1. The molecule has 0 spiro atoms. The van der Waals surface area contributed by atoms with E-state index in [2.05, 4.69) is 5.32 Å². The van der Waals surface area contributed by atoms with Crippen LogP contribution >= 0.6 is 0 Å². The quantitative estimate of drug-likeness (QED) is 0.643. The molecular formula is C13H17N3O3. The number of nitro benzene ring substituents is 1. The Balaban J connectivity index is 2.16. The number of hydrogen-bond acceptors (Lipinski definition) is 4. The predicted molar refractivity (Wildman–Crippen MR) is 71.8 cm³/mol. The average Bonchev–Trinajstić information content (AvgIpc) is 2.78. The topological polar surface area (TPSA) is 98.3 Å². The van der Waals surface area contributed by atoms with Gasteiger partial charge < -0.3 is 11.1 Å². The van der Waals surface area contributed by atoms with E-state index in [1.165, 1.54) is 12.1 Å². The number of nitrogens with two attached hydrogens (primary N) is 1. The monoisotopic (exact) mass is 263 g/mol. The van der Waals surface area contributed by atoms with Crippen molar-refractivity contribution in [2.75, 3.05) is 5.32 Å². The van der Waals surface area contributed by atoms with E-state index >= 15 is 0 Å². The Morgan fingerprint density at radius 3 is 2.79 bits per heavy atom. The van der Waals surface area contributed by atoms with E-state index in [0.717, 1.165) is 24.8 Å². The fourth-order valence-corrected chi connectivity index (χ4v) is 2.40. The highest BCUT2D eigenvalue weighted by molar-refractivity contribution is 5.94. The van der Waals surface area contributed by atoms with Gasteiger partial charge in [-0.1, -0.05) is 12.5 Å². The van der Waals surface area contributed by atoms with Crippen molar-refractivity contribution in [1.29, 1.82) is 0 Å². The lowest BCUT2D eigenvalue weighted by atomic mass is 10.0. The summed E-state index contributed by atoms with van der Waals surface area (Å²) in [7, 11) is 0. The Hall–Kier alpha value is -1.95. The van der Waals surface area contributed by atoms with Crippen molar-refractivity contribution in [3.05, 3.63) is 33.9 Å². The summed E-state index contributed by atoms with van der Waals surface area (Å²) >= 11 is 0. The zero-order chi connectivity index (χ0) is 14.0. The second kappa shape index (κ2) is 5.36. The van der Waals surface area contributed by atoms with Gasteiger partial charge in [-0.05, 0) is 25.3 Å². The minimum absolute atomic E-state index is 0.0309. The van der Waals surface area contributed by atoms with Crippen LogP contribution in [0.3, 0.4) is 0 Å². The van der Waals surface area contributed by atoms with E-state index in [9.17, 15) is 14.9 Å². The Bertz CT molecular complexity index is 516. The fraction of sp³-hybridized carbons (Fsp3) is 0.462. The number of nitrogens with zero attached hydrogens (tertiary/aromatic N) is 1. The van der Waals surface area contributed by atoms with Gasteiger partial charge in [-0.25, -0.2) is 0 Å². The van der Waals surface area contributed by atoms with Gasteiger partial charge in [0.05, 0.1) is 16.5 Å². The minimum Gasteiger partial charge on any atom is -0.327 e. The van der Waals surface area contributed by atoms with Crippen LogP contribution in [0.4, 0.5) is 11.4 Å². The lowest BCUT2D eigenvalue weighted by molar-refractivity contribution is -0.384. The first kappa shape index (κ1) is 13.5. The molecule has 0 saturated heterocycles. The second-order valence-corrected chi connectivity index (χ2v) is 4.95. The van der Waals surface area contributed by atoms with Crippen LogP contribution in [0.25, 0.3) is 0 Å². The van der Waals surface area contributed by atoms with Crippen molar-refractivity contribution in [2.45, 2.75) is 32.2 Å². The van der Waals surface area contributed by atoms with Gasteiger partial charge in [0.25, 0.3) is 5.69 Å². The van der Waals surface area contributed by atoms with Gasteiger partial charge in [0.2, 0.25) is 5.91 Å². The number of non-ortho nitro benzene ring substituents is 1. The molecule has 2 rings (SSSR count). The number of rotatable bonds is 3. The maximum atomic E-state index is 12.1. The van der Waals surface area contributed by atoms with E-state index in [4.69, 9.17) is 5.73 Å². The SMILES string of the molecule is Cc1ccc([N+](=O)[O-])cc1NC(=O)C1CCCC1N. The van der Waals surface area contributed by atoms with Crippen molar-refractivity contribution in [2.24, 2.45) is 11.7 Å². The summed E-state index contributed by atoms with van der Waals surface area (Å²) < 4.78 is 0. The van der Waals surface area contributed by atoms with Crippen molar-refractivity contribution < 1.29 is 9.72 Å². The molecule has 102 valence electrons. The van der Waals surface area contributed by atoms with Gasteiger partial charge in [-0.3, -0.25) is 14.9 Å².